The van der Waals surface area contributed by atoms with Gasteiger partial charge < -0.3 is 23.4 Å². The van der Waals surface area contributed by atoms with E-state index in [1.54, 1.807) is 6.07 Å². The number of rotatable bonds is 4. The van der Waals surface area contributed by atoms with Crippen molar-refractivity contribution < 1.29 is 26.7 Å². The molecule has 336 valence electrons. The monoisotopic (exact) mass is 884 g/mol. The Bertz CT molecular complexity index is 3210. The van der Waals surface area contributed by atoms with Gasteiger partial charge in [-0.05, 0) is 74.1 Å². The SMILES string of the molecule is CC(C)(C)c1ccc(-c2ccccc2N2c3cc(OC(F)(F)F)cc4c3B(c3oc5c(C(C)(C)C)cccc5c3N4c3ccc(C(C)(C)C)cc3)c3oc4c(C(C)(C)C)cccc4c32)cc1. The summed E-state index contributed by atoms with van der Waals surface area (Å²) in [7, 11) is 0. The van der Waals surface area contributed by atoms with E-state index < -0.39 is 13.1 Å². The summed E-state index contributed by atoms with van der Waals surface area (Å²) in [6.07, 6.45) is -4.97. The van der Waals surface area contributed by atoms with Crippen LogP contribution in [0.3, 0.4) is 0 Å². The Morgan fingerprint density at radius 3 is 1.44 bits per heavy atom. The van der Waals surface area contributed by atoms with Crippen molar-refractivity contribution in [2.75, 3.05) is 9.80 Å². The summed E-state index contributed by atoms with van der Waals surface area (Å²) in [5, 5.41) is 1.70. The highest BCUT2D eigenvalue weighted by molar-refractivity contribution is 6.99. The van der Waals surface area contributed by atoms with Crippen molar-refractivity contribution in [3.05, 3.63) is 144 Å². The normalized spacial score (nSPS) is 14.2. The average Bonchev–Trinajstić information content (AvgIpc) is 3.81. The molecule has 0 bridgehead atoms. The van der Waals surface area contributed by atoms with E-state index in [-0.39, 0.29) is 27.4 Å². The molecule has 2 aromatic heterocycles. The standard InChI is InChI=1S/C57H56BF3N2O3/c1-53(2,3)34-25-23-33(24-26-34)38-17-13-14-22-43(38)63-45-32-37(66-57(59,60)61)31-44-46(45)58(52-48(63)40-19-16-21-42(50(40)65-52)56(10,11)12)51-47(39-18-15-20-41(49(39)64-51)55(7,8)9)62(44)36-29-27-35(28-30-36)54(4,5)6/h13-32H,1-12H3. The van der Waals surface area contributed by atoms with E-state index in [2.05, 4.69) is 172 Å². The van der Waals surface area contributed by atoms with E-state index in [4.69, 9.17) is 13.6 Å². The van der Waals surface area contributed by atoms with Gasteiger partial charge in [-0.1, -0.05) is 162 Å². The van der Waals surface area contributed by atoms with Crippen molar-refractivity contribution in [2.24, 2.45) is 0 Å². The molecule has 0 spiro atoms. The summed E-state index contributed by atoms with van der Waals surface area (Å²) in [4.78, 5) is 4.18. The van der Waals surface area contributed by atoms with Crippen LogP contribution in [0, 0.1) is 0 Å². The number of alkyl halides is 3. The van der Waals surface area contributed by atoms with Gasteiger partial charge in [0.2, 0.25) is 0 Å². The van der Waals surface area contributed by atoms with Gasteiger partial charge in [0.05, 0.1) is 17.1 Å². The summed E-state index contributed by atoms with van der Waals surface area (Å²) in [6, 6.07) is 40.5. The number of para-hydroxylation sites is 3. The van der Waals surface area contributed by atoms with Crippen molar-refractivity contribution in [1.82, 2.24) is 0 Å². The third-order valence-electron chi connectivity index (χ3n) is 13.3. The molecule has 0 amide bonds. The molecular weight excluding hydrogens is 828 g/mol. The van der Waals surface area contributed by atoms with Crippen LogP contribution in [0.5, 0.6) is 5.75 Å². The zero-order valence-corrected chi connectivity index (χ0v) is 39.9. The van der Waals surface area contributed by atoms with E-state index in [1.165, 1.54) is 11.6 Å². The smallest absolute Gasteiger partial charge is 0.468 e. The minimum Gasteiger partial charge on any atom is -0.468 e. The molecule has 2 aliphatic heterocycles. The predicted octanol–water partition coefficient (Wildman–Crippen LogP) is 15.0. The van der Waals surface area contributed by atoms with Gasteiger partial charge in [0.15, 0.2) is 0 Å². The largest absolute Gasteiger partial charge is 0.573 e. The highest BCUT2D eigenvalue weighted by Gasteiger charge is 2.51. The summed E-state index contributed by atoms with van der Waals surface area (Å²) in [5.41, 5.74) is 13.1. The van der Waals surface area contributed by atoms with Gasteiger partial charge in [0.1, 0.15) is 28.2 Å². The third kappa shape index (κ3) is 7.08. The van der Waals surface area contributed by atoms with Crippen molar-refractivity contribution in [3.63, 3.8) is 0 Å². The quantitative estimate of drug-likeness (QED) is 0.165. The van der Waals surface area contributed by atoms with Crippen molar-refractivity contribution >= 4 is 79.6 Å². The molecule has 10 rings (SSSR count). The highest BCUT2D eigenvalue weighted by atomic mass is 19.4. The molecule has 0 aliphatic carbocycles. The van der Waals surface area contributed by atoms with Gasteiger partial charge in [-0.2, -0.15) is 0 Å². The number of nitrogens with zero attached hydrogens (tertiary/aromatic N) is 2. The van der Waals surface area contributed by atoms with Crippen molar-refractivity contribution in [3.8, 4) is 16.9 Å². The van der Waals surface area contributed by atoms with Crippen LogP contribution in [-0.4, -0.2) is 13.1 Å². The zero-order valence-electron chi connectivity index (χ0n) is 39.9. The van der Waals surface area contributed by atoms with E-state index in [0.717, 1.165) is 78.0 Å². The molecule has 4 heterocycles. The topological polar surface area (TPSA) is 42.0 Å². The summed E-state index contributed by atoms with van der Waals surface area (Å²) in [5.74, 6) is -0.332. The third-order valence-corrected chi connectivity index (χ3v) is 13.3. The molecule has 8 aromatic rings. The summed E-state index contributed by atoms with van der Waals surface area (Å²) >= 11 is 0. The first-order valence-electron chi connectivity index (χ1n) is 22.9. The number of halogens is 3. The van der Waals surface area contributed by atoms with Crippen LogP contribution in [0.4, 0.5) is 47.3 Å². The maximum absolute atomic E-state index is 14.7. The Hall–Kier alpha value is -6.35. The lowest BCUT2D eigenvalue weighted by atomic mass is 9.37. The molecule has 6 aromatic carbocycles. The Balaban J connectivity index is 1.37. The fraction of sp³-hybridized carbons (Fsp3) is 0.298. The van der Waals surface area contributed by atoms with E-state index in [1.807, 2.05) is 30.3 Å². The molecule has 0 radical (unpaired) electrons. The first-order chi connectivity index (χ1) is 30.9. The molecule has 5 nitrogen and oxygen atoms in total. The molecule has 0 fully saturated rings. The van der Waals surface area contributed by atoms with Gasteiger partial charge in [0, 0.05) is 56.7 Å². The fourth-order valence-corrected chi connectivity index (χ4v) is 10.1. The first kappa shape index (κ1) is 43.5. The number of fused-ring (bicyclic) bond motifs is 8. The van der Waals surface area contributed by atoms with Crippen LogP contribution >= 0.6 is 0 Å². The van der Waals surface area contributed by atoms with Crippen LogP contribution in [0.1, 0.15) is 105 Å². The van der Waals surface area contributed by atoms with Crippen LogP contribution in [-0.2, 0) is 21.7 Å². The lowest BCUT2D eigenvalue weighted by molar-refractivity contribution is -0.274. The van der Waals surface area contributed by atoms with Crippen LogP contribution in [0.15, 0.2) is 130 Å². The maximum Gasteiger partial charge on any atom is 0.573 e. The number of furan rings is 2. The minimum atomic E-state index is -4.97. The second-order valence-electron chi connectivity index (χ2n) is 22.2. The molecule has 0 saturated carbocycles. The number of hydrogen-bond acceptors (Lipinski definition) is 5. The number of hydrogen-bond donors (Lipinski definition) is 0. The lowest BCUT2D eigenvalue weighted by Crippen LogP contribution is -2.60. The van der Waals surface area contributed by atoms with Gasteiger partial charge in [-0.15, -0.1) is 13.2 Å². The molecule has 0 N–H and O–H groups in total. The van der Waals surface area contributed by atoms with Crippen molar-refractivity contribution in [2.45, 2.75) is 111 Å². The van der Waals surface area contributed by atoms with Crippen molar-refractivity contribution in [1.29, 1.82) is 0 Å². The second-order valence-corrected chi connectivity index (χ2v) is 22.2. The Morgan fingerprint density at radius 1 is 0.485 bits per heavy atom. The van der Waals surface area contributed by atoms with Crippen LogP contribution < -0.4 is 31.3 Å². The Labute approximate surface area is 386 Å². The average molecular weight is 885 g/mol. The molecule has 66 heavy (non-hydrogen) atoms. The summed E-state index contributed by atoms with van der Waals surface area (Å²) < 4.78 is 63.9. The second kappa shape index (κ2) is 14.6. The molecular formula is C57H56BF3N2O3. The van der Waals surface area contributed by atoms with E-state index in [0.29, 0.717) is 22.7 Å². The van der Waals surface area contributed by atoms with E-state index in [9.17, 15) is 13.2 Å². The zero-order chi connectivity index (χ0) is 47.0. The number of benzene rings is 6. The first-order valence-corrected chi connectivity index (χ1v) is 22.9. The van der Waals surface area contributed by atoms with E-state index >= 15 is 0 Å². The molecule has 0 saturated heterocycles. The van der Waals surface area contributed by atoms with Gasteiger partial charge in [-0.25, -0.2) is 0 Å². The number of ether oxygens (including phenoxy) is 1. The number of anilines is 6. The lowest BCUT2D eigenvalue weighted by Gasteiger charge is -2.41. The Morgan fingerprint density at radius 2 is 0.955 bits per heavy atom. The fourth-order valence-electron chi connectivity index (χ4n) is 10.1. The van der Waals surface area contributed by atoms with Gasteiger partial charge >= 0.3 is 13.1 Å². The maximum atomic E-state index is 14.7. The molecule has 9 heteroatoms. The molecule has 0 unspecified atom stereocenters. The minimum absolute atomic E-state index is 0.0601. The van der Waals surface area contributed by atoms with Gasteiger partial charge in [0.25, 0.3) is 0 Å². The van der Waals surface area contributed by atoms with Gasteiger partial charge in [-0.3, -0.25) is 0 Å². The van der Waals surface area contributed by atoms with Crippen LogP contribution in [0.25, 0.3) is 33.1 Å². The Kier molecular flexibility index (Phi) is 9.62. The highest BCUT2D eigenvalue weighted by Crippen LogP contribution is 2.53. The summed E-state index contributed by atoms with van der Waals surface area (Å²) in [6.45, 7) is 25.4. The predicted molar refractivity (Wildman–Crippen MR) is 267 cm³/mol. The van der Waals surface area contributed by atoms with Crippen LogP contribution in [0.2, 0.25) is 0 Å². The molecule has 0 atom stereocenters. The molecule has 2 aliphatic rings.